The van der Waals surface area contributed by atoms with Crippen LogP contribution >= 0.6 is 0 Å². The predicted molar refractivity (Wildman–Crippen MR) is 87.2 cm³/mol. The van der Waals surface area contributed by atoms with Crippen LogP contribution < -0.4 is 0 Å². The molecule has 3 rings (SSSR count). The molecule has 0 atom stereocenters. The number of likely N-dealkylation sites (tertiary alicyclic amines) is 1. The molecule has 1 aliphatic rings. The average Bonchev–Trinajstić information content (AvgIpc) is 3.03. The van der Waals surface area contributed by atoms with E-state index >= 15 is 0 Å². The monoisotopic (exact) mass is 353 g/mol. The Bertz CT molecular complexity index is 678. The Kier molecular flexibility index (Phi) is 5.73. The van der Waals surface area contributed by atoms with Gasteiger partial charge in [-0.25, -0.2) is 0 Å². The Balaban J connectivity index is 1.51. The normalized spacial score (nSPS) is 16.3. The smallest absolute Gasteiger partial charge is 0.339 e. The molecule has 0 radical (unpaired) electrons. The number of halogens is 3. The molecule has 4 nitrogen and oxygen atoms in total. The minimum atomic E-state index is -4.34. The fourth-order valence-electron chi connectivity index (χ4n) is 3.14. The zero-order valence-electron chi connectivity index (χ0n) is 14.1. The van der Waals surface area contributed by atoms with E-state index < -0.39 is 11.7 Å². The molecule has 1 fully saturated rings. The Morgan fingerprint density at radius 2 is 1.92 bits per heavy atom. The first-order valence-electron chi connectivity index (χ1n) is 8.71. The molecule has 25 heavy (non-hydrogen) atoms. The largest absolute Gasteiger partial charge is 0.416 e. The quantitative estimate of drug-likeness (QED) is 0.784. The molecule has 1 aromatic heterocycles. The van der Waals surface area contributed by atoms with Crippen LogP contribution in [-0.2, 0) is 19.0 Å². The van der Waals surface area contributed by atoms with Crippen LogP contribution in [-0.4, -0.2) is 34.7 Å². The third-order valence-electron chi connectivity index (χ3n) is 4.44. The summed E-state index contributed by atoms with van der Waals surface area (Å²) in [5.74, 6) is 0.978. The van der Waals surface area contributed by atoms with Crippen molar-refractivity contribution in [1.29, 1.82) is 0 Å². The van der Waals surface area contributed by atoms with Crippen molar-refractivity contribution in [1.82, 2.24) is 15.0 Å². The van der Waals surface area contributed by atoms with Gasteiger partial charge in [0.05, 0.1) is 5.56 Å². The van der Waals surface area contributed by atoms with Crippen molar-refractivity contribution >= 4 is 0 Å². The van der Waals surface area contributed by atoms with Gasteiger partial charge in [-0.05, 0) is 50.5 Å². The molecule has 1 aliphatic heterocycles. The molecule has 7 heteroatoms. The molecule has 1 aromatic carbocycles. The number of hydrogen-bond acceptors (Lipinski definition) is 4. The van der Waals surface area contributed by atoms with Crippen molar-refractivity contribution in [3.05, 3.63) is 47.1 Å². The first-order valence-corrected chi connectivity index (χ1v) is 8.71. The van der Waals surface area contributed by atoms with Crippen molar-refractivity contribution in [2.75, 3.05) is 19.6 Å². The average molecular weight is 353 g/mol. The molecule has 2 heterocycles. The standard InChI is InChI=1S/C18H22F3N3O/c19-18(20,21)15-7-4-6-14(12-15)13-16-22-17(25-23-16)8-5-11-24-9-2-1-3-10-24/h4,6-7,12H,1-3,5,8-11,13H2. The van der Waals surface area contributed by atoms with Gasteiger partial charge < -0.3 is 9.42 Å². The predicted octanol–water partition coefficient (Wildman–Crippen LogP) is 4.10. The third kappa shape index (κ3) is 5.29. The fraction of sp³-hybridized carbons (Fsp3) is 0.556. The molecule has 2 aromatic rings. The van der Waals surface area contributed by atoms with Gasteiger partial charge in [-0.2, -0.15) is 18.2 Å². The van der Waals surface area contributed by atoms with E-state index in [1.165, 1.54) is 25.3 Å². The van der Waals surface area contributed by atoms with Crippen LogP contribution in [0, 0.1) is 0 Å². The van der Waals surface area contributed by atoms with E-state index in [-0.39, 0.29) is 6.42 Å². The number of aromatic nitrogens is 2. The topological polar surface area (TPSA) is 42.2 Å². The van der Waals surface area contributed by atoms with Crippen LogP contribution in [0.1, 0.15) is 48.5 Å². The lowest BCUT2D eigenvalue weighted by Gasteiger charge is -2.25. The summed E-state index contributed by atoms with van der Waals surface area (Å²) in [5, 5.41) is 3.89. The molecule has 136 valence electrons. The Hall–Kier alpha value is -1.89. The van der Waals surface area contributed by atoms with Gasteiger partial charge in [0.15, 0.2) is 5.82 Å². The zero-order valence-corrected chi connectivity index (χ0v) is 14.1. The lowest BCUT2D eigenvalue weighted by molar-refractivity contribution is -0.137. The summed E-state index contributed by atoms with van der Waals surface area (Å²) in [6, 6.07) is 5.23. The number of benzene rings is 1. The Labute approximate surface area is 145 Å². The Morgan fingerprint density at radius 1 is 1.12 bits per heavy atom. The molecule has 0 unspecified atom stereocenters. The van der Waals surface area contributed by atoms with Crippen molar-refractivity contribution in [2.45, 2.75) is 44.7 Å². The highest BCUT2D eigenvalue weighted by Gasteiger charge is 2.30. The van der Waals surface area contributed by atoms with Gasteiger partial charge in [-0.15, -0.1) is 0 Å². The van der Waals surface area contributed by atoms with Crippen LogP contribution in [0.15, 0.2) is 28.8 Å². The number of aryl methyl sites for hydroxylation is 1. The highest BCUT2D eigenvalue weighted by atomic mass is 19.4. The van der Waals surface area contributed by atoms with E-state index in [9.17, 15) is 13.2 Å². The van der Waals surface area contributed by atoms with E-state index in [0.717, 1.165) is 38.2 Å². The number of hydrogen-bond donors (Lipinski definition) is 0. The van der Waals surface area contributed by atoms with E-state index in [2.05, 4.69) is 15.0 Å². The summed E-state index contributed by atoms with van der Waals surface area (Å²) >= 11 is 0. The SMILES string of the molecule is FC(F)(F)c1cccc(Cc2noc(CCCN3CCCCC3)n2)c1. The van der Waals surface area contributed by atoms with Gasteiger partial charge in [0.1, 0.15) is 0 Å². The second-order valence-electron chi connectivity index (χ2n) is 6.49. The molecule has 0 aliphatic carbocycles. The van der Waals surface area contributed by atoms with Crippen LogP contribution in [0.4, 0.5) is 13.2 Å². The van der Waals surface area contributed by atoms with E-state index in [1.807, 2.05) is 0 Å². The van der Waals surface area contributed by atoms with Gasteiger partial charge in [0, 0.05) is 12.8 Å². The maximum absolute atomic E-state index is 12.7. The zero-order chi connectivity index (χ0) is 17.7. The minimum absolute atomic E-state index is 0.236. The van der Waals surface area contributed by atoms with Crippen molar-refractivity contribution < 1.29 is 17.7 Å². The maximum Gasteiger partial charge on any atom is 0.416 e. The van der Waals surface area contributed by atoms with Gasteiger partial charge in [-0.3, -0.25) is 0 Å². The number of alkyl halides is 3. The van der Waals surface area contributed by atoms with Crippen LogP contribution in [0.5, 0.6) is 0 Å². The lowest BCUT2D eigenvalue weighted by atomic mass is 10.1. The first kappa shape index (κ1) is 17.9. The van der Waals surface area contributed by atoms with E-state index in [4.69, 9.17) is 4.52 Å². The summed E-state index contributed by atoms with van der Waals surface area (Å²) < 4.78 is 43.5. The highest BCUT2D eigenvalue weighted by Crippen LogP contribution is 2.29. The van der Waals surface area contributed by atoms with Crippen LogP contribution in [0.3, 0.4) is 0 Å². The molecule has 0 spiro atoms. The van der Waals surface area contributed by atoms with Crippen molar-refractivity contribution in [3.63, 3.8) is 0 Å². The Morgan fingerprint density at radius 3 is 2.68 bits per heavy atom. The molecule has 0 amide bonds. The second kappa shape index (κ2) is 7.99. The van der Waals surface area contributed by atoms with Crippen LogP contribution in [0.2, 0.25) is 0 Å². The second-order valence-corrected chi connectivity index (χ2v) is 6.49. The first-order chi connectivity index (χ1) is 12.0. The van der Waals surface area contributed by atoms with Crippen molar-refractivity contribution in [3.8, 4) is 0 Å². The lowest BCUT2D eigenvalue weighted by Crippen LogP contribution is -2.30. The van der Waals surface area contributed by atoms with Crippen molar-refractivity contribution in [2.24, 2.45) is 0 Å². The number of rotatable bonds is 6. The summed E-state index contributed by atoms with van der Waals surface area (Å²) in [6.45, 7) is 3.33. The van der Waals surface area contributed by atoms with Gasteiger partial charge in [0.25, 0.3) is 0 Å². The molecule has 0 bridgehead atoms. The summed E-state index contributed by atoms with van der Waals surface area (Å²) in [5.41, 5.74) is -0.134. The maximum atomic E-state index is 12.7. The van der Waals surface area contributed by atoms with Crippen LogP contribution in [0.25, 0.3) is 0 Å². The fourth-order valence-corrected chi connectivity index (χ4v) is 3.14. The van der Waals surface area contributed by atoms with Gasteiger partial charge in [-0.1, -0.05) is 29.8 Å². The van der Waals surface area contributed by atoms with E-state index in [0.29, 0.717) is 23.7 Å². The summed E-state index contributed by atoms with van der Waals surface area (Å²) in [4.78, 5) is 6.75. The van der Waals surface area contributed by atoms with Gasteiger partial charge in [0.2, 0.25) is 5.89 Å². The molecule has 0 saturated carbocycles. The molecule has 1 saturated heterocycles. The number of piperidine rings is 1. The molecule has 0 N–H and O–H groups in total. The molecular formula is C18H22F3N3O. The van der Waals surface area contributed by atoms with E-state index in [1.54, 1.807) is 6.07 Å². The summed E-state index contributed by atoms with van der Waals surface area (Å²) in [6.07, 6.45) is 1.39. The highest BCUT2D eigenvalue weighted by molar-refractivity contribution is 5.27. The molecular weight excluding hydrogens is 331 g/mol. The third-order valence-corrected chi connectivity index (χ3v) is 4.44. The van der Waals surface area contributed by atoms with Gasteiger partial charge >= 0.3 is 6.18 Å². The minimum Gasteiger partial charge on any atom is -0.339 e. The summed E-state index contributed by atoms with van der Waals surface area (Å²) in [7, 11) is 0. The number of nitrogens with zero attached hydrogens (tertiary/aromatic N) is 3.